The van der Waals surface area contributed by atoms with Crippen molar-refractivity contribution >= 4 is 11.6 Å². The molecule has 78 valence electrons. The highest BCUT2D eigenvalue weighted by atomic mass is 35.5. The van der Waals surface area contributed by atoms with Crippen LogP contribution in [0.15, 0.2) is 41.3 Å². The first-order valence-electron chi connectivity index (χ1n) is 4.77. The Morgan fingerprint density at radius 3 is 2.53 bits per heavy atom. The molecule has 4 heteroatoms. The van der Waals surface area contributed by atoms with E-state index in [1.807, 2.05) is 37.3 Å². The lowest BCUT2D eigenvalue weighted by Gasteiger charge is -2.08. The Hall–Kier alpha value is -1.48. The zero-order valence-electron chi connectivity index (χ0n) is 8.35. The molecule has 15 heavy (non-hydrogen) atoms. The molecule has 0 aliphatic rings. The summed E-state index contributed by atoms with van der Waals surface area (Å²) in [5.41, 5.74) is 0.654. The maximum Gasteiger partial charge on any atom is 0.290 e. The summed E-state index contributed by atoms with van der Waals surface area (Å²) in [7, 11) is 0. The number of aryl methyl sites for hydroxylation is 1. The van der Waals surface area contributed by atoms with Crippen LogP contribution in [0.4, 0.5) is 0 Å². The van der Waals surface area contributed by atoms with Crippen LogP contribution in [0.5, 0.6) is 0 Å². The van der Waals surface area contributed by atoms with E-state index in [-0.39, 0.29) is 10.6 Å². The van der Waals surface area contributed by atoms with Gasteiger partial charge in [0.1, 0.15) is 5.02 Å². The largest absolute Gasteiger partial charge is 0.290 e. The SMILES string of the molecule is CCn1cc(Cl)c(=O)n1-c1ccccc1. The van der Waals surface area contributed by atoms with Gasteiger partial charge in [-0.2, -0.15) is 0 Å². The van der Waals surface area contributed by atoms with Gasteiger partial charge >= 0.3 is 0 Å². The maximum atomic E-state index is 11.8. The third-order valence-corrected chi connectivity index (χ3v) is 2.50. The van der Waals surface area contributed by atoms with Crippen molar-refractivity contribution in [2.24, 2.45) is 0 Å². The van der Waals surface area contributed by atoms with Gasteiger partial charge in [0.15, 0.2) is 0 Å². The Morgan fingerprint density at radius 1 is 1.27 bits per heavy atom. The molecule has 1 aromatic carbocycles. The second-order valence-corrected chi connectivity index (χ2v) is 3.59. The minimum atomic E-state index is -0.176. The third-order valence-electron chi connectivity index (χ3n) is 2.24. The van der Waals surface area contributed by atoms with E-state index in [2.05, 4.69) is 0 Å². The van der Waals surface area contributed by atoms with Crippen molar-refractivity contribution in [2.45, 2.75) is 13.5 Å². The van der Waals surface area contributed by atoms with Gasteiger partial charge in [0, 0.05) is 12.7 Å². The standard InChI is InChI=1S/C11H11ClN2O/c1-2-13-8-10(12)11(15)14(13)9-6-4-3-5-7-9/h3-8H,2H2,1H3. The summed E-state index contributed by atoms with van der Waals surface area (Å²) in [6, 6.07) is 9.45. The van der Waals surface area contributed by atoms with Crippen LogP contribution in [0.25, 0.3) is 5.69 Å². The topological polar surface area (TPSA) is 26.9 Å². The Bertz CT molecular complexity index is 513. The quantitative estimate of drug-likeness (QED) is 0.766. The van der Waals surface area contributed by atoms with Gasteiger partial charge in [-0.3, -0.25) is 9.48 Å². The molecule has 0 N–H and O–H groups in total. The molecular formula is C11H11ClN2O. The van der Waals surface area contributed by atoms with Crippen molar-refractivity contribution in [3.8, 4) is 5.69 Å². The summed E-state index contributed by atoms with van der Waals surface area (Å²) < 4.78 is 3.36. The van der Waals surface area contributed by atoms with E-state index in [9.17, 15) is 4.79 Å². The van der Waals surface area contributed by atoms with Crippen molar-refractivity contribution < 1.29 is 0 Å². The molecule has 1 aromatic heterocycles. The molecule has 0 amide bonds. The predicted octanol–water partition coefficient (Wildman–Crippen LogP) is 2.31. The predicted molar refractivity (Wildman–Crippen MR) is 60.7 cm³/mol. The number of para-hydroxylation sites is 1. The molecule has 0 spiro atoms. The van der Waals surface area contributed by atoms with Crippen LogP contribution in [0.3, 0.4) is 0 Å². The number of nitrogens with zero attached hydrogens (tertiary/aromatic N) is 2. The van der Waals surface area contributed by atoms with Crippen LogP contribution < -0.4 is 5.56 Å². The van der Waals surface area contributed by atoms with Gasteiger partial charge in [-0.15, -0.1) is 0 Å². The van der Waals surface area contributed by atoms with Crippen LogP contribution in [-0.4, -0.2) is 9.36 Å². The lowest BCUT2D eigenvalue weighted by Crippen LogP contribution is -2.20. The van der Waals surface area contributed by atoms with E-state index in [0.717, 1.165) is 5.69 Å². The van der Waals surface area contributed by atoms with Crippen LogP contribution in [0.1, 0.15) is 6.92 Å². The van der Waals surface area contributed by atoms with Crippen molar-refractivity contribution in [3.63, 3.8) is 0 Å². The molecule has 2 aromatic rings. The van der Waals surface area contributed by atoms with Crippen molar-refractivity contribution in [1.82, 2.24) is 9.36 Å². The highest BCUT2D eigenvalue weighted by Crippen LogP contribution is 2.09. The Kier molecular flexibility index (Phi) is 2.64. The van der Waals surface area contributed by atoms with Crippen molar-refractivity contribution in [2.75, 3.05) is 0 Å². The number of aromatic nitrogens is 2. The lowest BCUT2D eigenvalue weighted by atomic mass is 10.3. The van der Waals surface area contributed by atoms with E-state index < -0.39 is 0 Å². The van der Waals surface area contributed by atoms with E-state index in [1.54, 1.807) is 15.6 Å². The molecule has 0 radical (unpaired) electrons. The average molecular weight is 223 g/mol. The minimum Gasteiger partial charge on any atom is -0.284 e. The highest BCUT2D eigenvalue weighted by Gasteiger charge is 2.09. The maximum absolute atomic E-state index is 11.8. The summed E-state index contributed by atoms with van der Waals surface area (Å²) in [5, 5.41) is 0.251. The van der Waals surface area contributed by atoms with Crippen LogP contribution in [0.2, 0.25) is 5.02 Å². The summed E-state index contributed by atoms with van der Waals surface area (Å²) in [6.45, 7) is 2.67. The first kappa shape index (κ1) is 10.1. The lowest BCUT2D eigenvalue weighted by molar-refractivity contribution is 0.574. The summed E-state index contributed by atoms with van der Waals surface area (Å²) >= 11 is 5.81. The molecule has 0 unspecified atom stereocenters. The molecule has 2 rings (SSSR count). The number of hydrogen-bond donors (Lipinski definition) is 0. The van der Waals surface area contributed by atoms with Gasteiger partial charge in [0.25, 0.3) is 5.56 Å². The fourth-order valence-electron chi connectivity index (χ4n) is 1.53. The summed E-state index contributed by atoms with van der Waals surface area (Å²) in [5.74, 6) is 0. The van der Waals surface area contributed by atoms with Gasteiger partial charge in [-0.1, -0.05) is 29.8 Å². The fourth-order valence-corrected chi connectivity index (χ4v) is 1.72. The van der Waals surface area contributed by atoms with Crippen molar-refractivity contribution in [3.05, 3.63) is 51.9 Å². The van der Waals surface area contributed by atoms with Crippen LogP contribution in [-0.2, 0) is 6.54 Å². The molecule has 0 saturated heterocycles. The number of halogens is 1. The molecular weight excluding hydrogens is 212 g/mol. The molecule has 0 saturated carbocycles. The normalized spacial score (nSPS) is 10.5. The molecule has 0 aliphatic carbocycles. The van der Waals surface area contributed by atoms with E-state index in [0.29, 0.717) is 6.54 Å². The average Bonchev–Trinajstić information content (AvgIpc) is 2.56. The van der Waals surface area contributed by atoms with Crippen molar-refractivity contribution in [1.29, 1.82) is 0 Å². The first-order chi connectivity index (χ1) is 7.24. The fraction of sp³-hybridized carbons (Fsp3) is 0.182. The molecule has 3 nitrogen and oxygen atoms in total. The van der Waals surface area contributed by atoms with Gasteiger partial charge in [-0.25, -0.2) is 4.68 Å². The smallest absolute Gasteiger partial charge is 0.284 e. The molecule has 0 bridgehead atoms. The second-order valence-electron chi connectivity index (χ2n) is 3.19. The summed E-state index contributed by atoms with van der Waals surface area (Å²) in [6.07, 6.45) is 1.65. The van der Waals surface area contributed by atoms with Crippen LogP contribution >= 0.6 is 11.6 Å². The third kappa shape index (κ3) is 1.70. The Balaban J connectivity index is 2.67. The second kappa shape index (κ2) is 3.95. The molecule has 1 heterocycles. The van der Waals surface area contributed by atoms with Gasteiger partial charge < -0.3 is 0 Å². The molecule has 0 atom stereocenters. The summed E-state index contributed by atoms with van der Waals surface area (Å²) in [4.78, 5) is 11.8. The Labute approximate surface area is 92.5 Å². The number of rotatable bonds is 2. The van der Waals surface area contributed by atoms with Gasteiger partial charge in [0.2, 0.25) is 0 Å². The molecule has 0 fully saturated rings. The number of hydrogen-bond acceptors (Lipinski definition) is 1. The highest BCUT2D eigenvalue weighted by molar-refractivity contribution is 6.30. The zero-order chi connectivity index (χ0) is 10.8. The first-order valence-corrected chi connectivity index (χ1v) is 5.15. The zero-order valence-corrected chi connectivity index (χ0v) is 9.11. The number of benzene rings is 1. The monoisotopic (exact) mass is 222 g/mol. The van der Waals surface area contributed by atoms with E-state index in [1.165, 1.54) is 0 Å². The van der Waals surface area contributed by atoms with Crippen LogP contribution in [0, 0.1) is 0 Å². The van der Waals surface area contributed by atoms with E-state index >= 15 is 0 Å². The van der Waals surface area contributed by atoms with E-state index in [4.69, 9.17) is 11.6 Å². The Morgan fingerprint density at radius 2 is 1.93 bits per heavy atom. The molecule has 0 aliphatic heterocycles. The minimum absolute atomic E-state index is 0.176. The van der Waals surface area contributed by atoms with Gasteiger partial charge in [0.05, 0.1) is 5.69 Å². The van der Waals surface area contributed by atoms with Gasteiger partial charge in [-0.05, 0) is 19.1 Å².